The second kappa shape index (κ2) is 9.43. The number of nitrogens with zero attached hydrogens (tertiary/aromatic N) is 1. The molecule has 1 atom stereocenters. The van der Waals surface area contributed by atoms with Gasteiger partial charge in [-0.1, -0.05) is 23.7 Å². The minimum Gasteiger partial charge on any atom is -0.497 e. The van der Waals surface area contributed by atoms with Gasteiger partial charge in [-0.3, -0.25) is 4.79 Å². The van der Waals surface area contributed by atoms with Crippen molar-refractivity contribution < 1.29 is 19.2 Å². The molecule has 1 aliphatic rings. The van der Waals surface area contributed by atoms with Gasteiger partial charge >= 0.3 is 5.91 Å². The van der Waals surface area contributed by atoms with Crippen LogP contribution in [0.15, 0.2) is 59.6 Å². The Kier molecular flexibility index (Phi) is 6.46. The number of amides is 2. The van der Waals surface area contributed by atoms with E-state index in [1.807, 2.05) is 54.6 Å². The molecular weight excluding hydrogens is 434 g/mol. The molecular formula is C23H21ClN3O3S+. The van der Waals surface area contributed by atoms with Crippen molar-refractivity contribution in [2.24, 2.45) is 4.99 Å². The zero-order valence-electron chi connectivity index (χ0n) is 16.9. The van der Waals surface area contributed by atoms with Gasteiger partial charge in [-0.2, -0.15) is 0 Å². The highest BCUT2D eigenvalue weighted by Crippen LogP contribution is 2.37. The Bertz CT molecular complexity index is 1120. The average Bonchev–Trinajstić information content (AvgIpc) is 3.22. The van der Waals surface area contributed by atoms with E-state index in [2.05, 4.69) is 10.3 Å². The minimum atomic E-state index is -0.195. The Morgan fingerprint density at radius 2 is 1.90 bits per heavy atom. The van der Waals surface area contributed by atoms with Crippen LogP contribution in [0.2, 0.25) is 5.02 Å². The molecule has 31 heavy (non-hydrogen) atoms. The van der Waals surface area contributed by atoms with Crippen molar-refractivity contribution in [2.75, 3.05) is 20.2 Å². The summed E-state index contributed by atoms with van der Waals surface area (Å²) in [5.74, 6) is 0.443. The van der Waals surface area contributed by atoms with Crippen molar-refractivity contribution in [3.8, 4) is 16.2 Å². The van der Waals surface area contributed by atoms with Gasteiger partial charge in [0.2, 0.25) is 0 Å². The van der Waals surface area contributed by atoms with Crippen molar-refractivity contribution in [3.63, 3.8) is 0 Å². The van der Waals surface area contributed by atoms with E-state index in [0.29, 0.717) is 33.5 Å². The first-order valence-corrected chi connectivity index (χ1v) is 11.0. The number of aliphatic imine (C=N–C) groups is 1. The summed E-state index contributed by atoms with van der Waals surface area (Å²) in [4.78, 5) is 31.5. The Balaban J connectivity index is 1.35. The van der Waals surface area contributed by atoms with Crippen LogP contribution in [0.3, 0.4) is 0 Å². The van der Waals surface area contributed by atoms with Gasteiger partial charge in [0, 0.05) is 16.4 Å². The molecule has 2 N–H and O–H groups in total. The van der Waals surface area contributed by atoms with Crippen molar-refractivity contribution in [3.05, 3.63) is 70.1 Å². The van der Waals surface area contributed by atoms with Crippen LogP contribution in [0.1, 0.15) is 15.2 Å². The molecule has 4 rings (SSSR count). The summed E-state index contributed by atoms with van der Waals surface area (Å²) in [6.45, 7) is 0.503. The first kappa shape index (κ1) is 21.2. The molecule has 0 fully saturated rings. The maximum atomic E-state index is 12.9. The number of fused-ring (bicyclic) bond motifs is 1. The fraction of sp³-hybridized carbons (Fsp3) is 0.174. The molecule has 0 spiro atoms. The van der Waals surface area contributed by atoms with Crippen LogP contribution in [0.4, 0.5) is 5.69 Å². The predicted molar refractivity (Wildman–Crippen MR) is 123 cm³/mol. The van der Waals surface area contributed by atoms with Crippen LogP contribution in [-0.2, 0) is 11.2 Å². The van der Waals surface area contributed by atoms with Gasteiger partial charge in [0.1, 0.15) is 5.75 Å². The molecule has 0 saturated carbocycles. The summed E-state index contributed by atoms with van der Waals surface area (Å²) in [5.41, 5.74) is 2.72. The molecule has 6 nitrogen and oxygen atoms in total. The van der Waals surface area contributed by atoms with Crippen LogP contribution in [0.25, 0.3) is 10.4 Å². The third kappa shape index (κ3) is 5.02. The maximum absolute atomic E-state index is 12.9. The Morgan fingerprint density at radius 3 is 2.61 bits per heavy atom. The van der Waals surface area contributed by atoms with Gasteiger partial charge in [0.25, 0.3) is 5.91 Å². The molecule has 3 aromatic rings. The highest BCUT2D eigenvalue weighted by Gasteiger charge is 2.31. The number of ether oxygens (including phenoxy) is 1. The lowest BCUT2D eigenvalue weighted by molar-refractivity contribution is -0.695. The highest BCUT2D eigenvalue weighted by molar-refractivity contribution is 7.18. The lowest BCUT2D eigenvalue weighted by Crippen LogP contribution is -3.15. The molecule has 2 aromatic carbocycles. The topological polar surface area (TPSA) is 72.2 Å². The zero-order valence-corrected chi connectivity index (χ0v) is 18.4. The molecule has 1 unspecified atom stereocenters. The Hall–Kier alpha value is -3.00. The average molecular weight is 455 g/mol. The number of rotatable bonds is 7. The zero-order chi connectivity index (χ0) is 21.8. The van der Waals surface area contributed by atoms with Gasteiger partial charge in [0.05, 0.1) is 12.8 Å². The number of nitrogens with one attached hydrogen (secondary N) is 2. The van der Waals surface area contributed by atoms with Gasteiger partial charge in [-0.25, -0.2) is 14.7 Å². The number of quaternary nitrogens is 1. The summed E-state index contributed by atoms with van der Waals surface area (Å²) >= 11 is 7.27. The van der Waals surface area contributed by atoms with Crippen molar-refractivity contribution in [1.82, 2.24) is 5.32 Å². The summed E-state index contributed by atoms with van der Waals surface area (Å²) in [7, 11) is 1.62. The van der Waals surface area contributed by atoms with E-state index in [1.165, 1.54) is 17.7 Å². The van der Waals surface area contributed by atoms with Gasteiger partial charge < -0.3 is 10.1 Å². The van der Waals surface area contributed by atoms with Crippen LogP contribution >= 0.6 is 22.9 Å². The number of hydrogen-bond donors (Lipinski definition) is 2. The van der Waals surface area contributed by atoms with Crippen LogP contribution in [-0.4, -0.2) is 38.4 Å². The largest absolute Gasteiger partial charge is 0.497 e. The van der Waals surface area contributed by atoms with E-state index in [9.17, 15) is 9.59 Å². The number of methoxy groups -OCH3 is 1. The summed E-state index contributed by atoms with van der Waals surface area (Å²) in [5, 5.41) is 3.55. The second-order valence-corrected chi connectivity index (χ2v) is 8.56. The molecule has 0 bridgehead atoms. The quantitative estimate of drug-likeness (QED) is 0.576. The van der Waals surface area contributed by atoms with Gasteiger partial charge in [-0.05, 0) is 60.0 Å². The van der Waals surface area contributed by atoms with E-state index in [0.717, 1.165) is 21.8 Å². The molecule has 8 heteroatoms. The van der Waals surface area contributed by atoms with E-state index < -0.39 is 0 Å². The molecule has 0 aliphatic carbocycles. The number of benzene rings is 2. The van der Waals surface area contributed by atoms with Crippen molar-refractivity contribution in [1.29, 1.82) is 0 Å². The molecule has 1 aliphatic heterocycles. The number of carbonyl (C=O) groups excluding carboxylic acids is 2. The van der Waals surface area contributed by atoms with E-state index in [4.69, 9.17) is 16.3 Å². The Labute approximate surface area is 189 Å². The molecule has 0 saturated heterocycles. The molecule has 1 aromatic heterocycles. The number of carbonyl (C=O) groups is 2. The van der Waals surface area contributed by atoms with Gasteiger partial charge in [-0.15, -0.1) is 11.3 Å². The molecule has 2 heterocycles. The van der Waals surface area contributed by atoms with Crippen molar-refractivity contribution in [2.45, 2.75) is 6.42 Å². The first-order chi connectivity index (χ1) is 15.0. The number of hydrogen-bond acceptors (Lipinski definition) is 5. The normalized spacial score (nSPS) is 14.9. The van der Waals surface area contributed by atoms with E-state index in [1.54, 1.807) is 7.11 Å². The van der Waals surface area contributed by atoms with E-state index >= 15 is 0 Å². The smallest absolute Gasteiger partial charge is 0.362 e. The molecule has 0 radical (unpaired) electrons. The Morgan fingerprint density at radius 1 is 1.16 bits per heavy atom. The maximum Gasteiger partial charge on any atom is 0.362 e. The SMILES string of the molecule is COc1ccc(-c2cc3c(s2)C(=O)[NH+](CC(=O)NCCc2ccc(Cl)cc2)C=N3)cc1. The third-order valence-electron chi connectivity index (χ3n) is 4.94. The monoisotopic (exact) mass is 454 g/mol. The van der Waals surface area contributed by atoms with E-state index in [-0.39, 0.29) is 18.4 Å². The minimum absolute atomic E-state index is 0.0121. The van der Waals surface area contributed by atoms with Crippen LogP contribution in [0.5, 0.6) is 5.75 Å². The molecule has 2 amide bonds. The predicted octanol–water partition coefficient (Wildman–Crippen LogP) is 3.13. The molecule has 158 valence electrons. The highest BCUT2D eigenvalue weighted by atomic mass is 35.5. The fourth-order valence-corrected chi connectivity index (χ4v) is 4.46. The lowest BCUT2D eigenvalue weighted by Gasteiger charge is -2.14. The fourth-order valence-electron chi connectivity index (χ4n) is 3.25. The van der Waals surface area contributed by atoms with Crippen LogP contribution in [0, 0.1) is 0 Å². The summed E-state index contributed by atoms with van der Waals surface area (Å²) in [6, 6.07) is 17.1. The van der Waals surface area contributed by atoms with Gasteiger partial charge in [0.15, 0.2) is 17.8 Å². The second-order valence-electron chi connectivity index (χ2n) is 7.07. The standard InChI is InChI=1S/C23H20ClN3O3S/c1-30-18-8-4-16(5-9-18)20-12-19-22(31-20)23(29)27(14-26-19)13-21(28)25-11-10-15-2-6-17(24)7-3-15/h2-9,12,14H,10-11,13H2,1H3,(H,25,28)/p+1. The number of halogens is 1. The first-order valence-electron chi connectivity index (χ1n) is 9.77. The third-order valence-corrected chi connectivity index (χ3v) is 6.37. The van der Waals surface area contributed by atoms with Crippen molar-refractivity contribution >= 4 is 46.8 Å². The summed E-state index contributed by atoms with van der Waals surface area (Å²) in [6.07, 6.45) is 2.20. The number of thiophene rings is 1. The lowest BCUT2D eigenvalue weighted by atomic mass is 10.1. The van der Waals surface area contributed by atoms with Crippen LogP contribution < -0.4 is 15.0 Å². The summed E-state index contributed by atoms with van der Waals surface area (Å²) < 4.78 is 5.19.